The first kappa shape index (κ1) is 10.7. The molecule has 1 aliphatic rings. The third-order valence-electron chi connectivity index (χ3n) is 3.41. The molecular weight excluding hydrogens is 160 g/mol. The zero-order valence-electron chi connectivity index (χ0n) is 9.01. The molecule has 76 valence electrons. The SMILES string of the molecule is CCC(CC1CCCCC1)C(C)=O. The second kappa shape index (κ2) is 5.41. The van der Waals surface area contributed by atoms with Crippen LogP contribution in [0.2, 0.25) is 0 Å². The van der Waals surface area contributed by atoms with Crippen molar-refractivity contribution in [2.75, 3.05) is 0 Å². The molecule has 0 heterocycles. The van der Waals surface area contributed by atoms with E-state index in [-0.39, 0.29) is 0 Å². The summed E-state index contributed by atoms with van der Waals surface area (Å²) in [5, 5.41) is 0. The molecule has 0 aliphatic heterocycles. The van der Waals surface area contributed by atoms with E-state index < -0.39 is 0 Å². The van der Waals surface area contributed by atoms with E-state index in [1.807, 2.05) is 0 Å². The molecular formula is C12H22O. The van der Waals surface area contributed by atoms with Crippen molar-refractivity contribution < 1.29 is 4.79 Å². The first-order chi connectivity index (χ1) is 6.24. The van der Waals surface area contributed by atoms with Gasteiger partial charge in [-0.2, -0.15) is 0 Å². The van der Waals surface area contributed by atoms with E-state index in [9.17, 15) is 4.79 Å². The molecule has 1 unspecified atom stereocenters. The lowest BCUT2D eigenvalue weighted by atomic mass is 9.81. The third kappa shape index (κ3) is 3.50. The minimum Gasteiger partial charge on any atom is -0.300 e. The highest BCUT2D eigenvalue weighted by atomic mass is 16.1. The molecule has 1 aliphatic carbocycles. The average Bonchev–Trinajstić information content (AvgIpc) is 2.15. The number of hydrogen-bond acceptors (Lipinski definition) is 1. The van der Waals surface area contributed by atoms with E-state index in [1.165, 1.54) is 32.1 Å². The second-order valence-corrected chi connectivity index (χ2v) is 4.46. The highest BCUT2D eigenvalue weighted by Gasteiger charge is 2.20. The van der Waals surface area contributed by atoms with Crippen LogP contribution in [0.15, 0.2) is 0 Å². The molecule has 1 fully saturated rings. The van der Waals surface area contributed by atoms with Gasteiger partial charge in [-0.1, -0.05) is 39.0 Å². The lowest BCUT2D eigenvalue weighted by Gasteiger charge is -2.24. The highest BCUT2D eigenvalue weighted by Crippen LogP contribution is 2.30. The van der Waals surface area contributed by atoms with Gasteiger partial charge in [0.05, 0.1) is 0 Å². The highest BCUT2D eigenvalue weighted by molar-refractivity contribution is 5.78. The van der Waals surface area contributed by atoms with Gasteiger partial charge in [-0.05, 0) is 25.7 Å². The predicted molar refractivity (Wildman–Crippen MR) is 55.7 cm³/mol. The van der Waals surface area contributed by atoms with Gasteiger partial charge < -0.3 is 0 Å². The molecule has 0 aromatic rings. The summed E-state index contributed by atoms with van der Waals surface area (Å²) in [5.41, 5.74) is 0. The Bertz CT molecular complexity index is 157. The first-order valence-corrected chi connectivity index (χ1v) is 5.74. The zero-order chi connectivity index (χ0) is 9.68. The third-order valence-corrected chi connectivity index (χ3v) is 3.41. The van der Waals surface area contributed by atoms with Crippen LogP contribution in [0.4, 0.5) is 0 Å². The molecule has 1 nitrogen and oxygen atoms in total. The van der Waals surface area contributed by atoms with Crippen LogP contribution in [-0.2, 0) is 4.79 Å². The Morgan fingerprint density at radius 1 is 1.31 bits per heavy atom. The van der Waals surface area contributed by atoms with Gasteiger partial charge in [0.25, 0.3) is 0 Å². The van der Waals surface area contributed by atoms with Crippen molar-refractivity contribution in [3.8, 4) is 0 Å². The quantitative estimate of drug-likeness (QED) is 0.649. The van der Waals surface area contributed by atoms with Gasteiger partial charge in [0, 0.05) is 5.92 Å². The van der Waals surface area contributed by atoms with Crippen molar-refractivity contribution >= 4 is 5.78 Å². The van der Waals surface area contributed by atoms with Gasteiger partial charge in [-0.25, -0.2) is 0 Å². The lowest BCUT2D eigenvalue weighted by Crippen LogP contribution is -2.17. The minimum atomic E-state index is 0.350. The number of carbonyl (C=O) groups excluding carboxylic acids is 1. The molecule has 0 N–H and O–H groups in total. The Morgan fingerprint density at radius 2 is 1.92 bits per heavy atom. The van der Waals surface area contributed by atoms with Crippen LogP contribution >= 0.6 is 0 Å². The predicted octanol–water partition coefficient (Wildman–Crippen LogP) is 3.57. The van der Waals surface area contributed by atoms with Crippen molar-refractivity contribution in [1.29, 1.82) is 0 Å². The maximum atomic E-state index is 11.2. The van der Waals surface area contributed by atoms with Gasteiger partial charge in [0.1, 0.15) is 5.78 Å². The van der Waals surface area contributed by atoms with Crippen LogP contribution in [0.3, 0.4) is 0 Å². The summed E-state index contributed by atoms with van der Waals surface area (Å²) in [7, 11) is 0. The van der Waals surface area contributed by atoms with E-state index in [2.05, 4.69) is 6.92 Å². The fourth-order valence-electron chi connectivity index (χ4n) is 2.45. The van der Waals surface area contributed by atoms with Crippen molar-refractivity contribution in [2.45, 2.75) is 58.8 Å². The van der Waals surface area contributed by atoms with Crippen LogP contribution in [0.1, 0.15) is 58.8 Å². The fourth-order valence-corrected chi connectivity index (χ4v) is 2.45. The molecule has 0 spiro atoms. The molecule has 0 radical (unpaired) electrons. The standard InChI is InChI=1S/C12H22O/c1-3-12(10(2)13)9-11-7-5-4-6-8-11/h11-12H,3-9H2,1-2H3. The fraction of sp³-hybridized carbons (Fsp3) is 0.917. The summed E-state index contributed by atoms with van der Waals surface area (Å²) in [6.07, 6.45) is 9.11. The summed E-state index contributed by atoms with van der Waals surface area (Å²) in [5.74, 6) is 1.60. The van der Waals surface area contributed by atoms with Crippen LogP contribution in [-0.4, -0.2) is 5.78 Å². The number of hydrogen-bond donors (Lipinski definition) is 0. The van der Waals surface area contributed by atoms with Crippen LogP contribution in [0.25, 0.3) is 0 Å². The monoisotopic (exact) mass is 182 g/mol. The second-order valence-electron chi connectivity index (χ2n) is 4.46. The summed E-state index contributed by atoms with van der Waals surface area (Å²) in [6, 6.07) is 0. The Morgan fingerprint density at radius 3 is 2.38 bits per heavy atom. The molecule has 0 aromatic carbocycles. The van der Waals surface area contributed by atoms with E-state index in [0.29, 0.717) is 11.7 Å². The van der Waals surface area contributed by atoms with Gasteiger partial charge in [-0.15, -0.1) is 0 Å². The van der Waals surface area contributed by atoms with Crippen molar-refractivity contribution in [3.05, 3.63) is 0 Å². The molecule has 1 saturated carbocycles. The molecule has 1 rings (SSSR count). The summed E-state index contributed by atoms with van der Waals surface area (Å²) in [6.45, 7) is 3.88. The van der Waals surface area contributed by atoms with E-state index in [1.54, 1.807) is 6.92 Å². The Hall–Kier alpha value is -0.330. The smallest absolute Gasteiger partial charge is 0.132 e. The van der Waals surface area contributed by atoms with Crippen molar-refractivity contribution in [1.82, 2.24) is 0 Å². The van der Waals surface area contributed by atoms with Gasteiger partial charge >= 0.3 is 0 Å². The zero-order valence-corrected chi connectivity index (χ0v) is 9.01. The van der Waals surface area contributed by atoms with Crippen molar-refractivity contribution in [2.24, 2.45) is 11.8 Å². The minimum absolute atomic E-state index is 0.350. The molecule has 0 amide bonds. The Kier molecular flexibility index (Phi) is 4.47. The molecule has 0 saturated heterocycles. The lowest BCUT2D eigenvalue weighted by molar-refractivity contribution is -0.121. The van der Waals surface area contributed by atoms with E-state index >= 15 is 0 Å². The maximum Gasteiger partial charge on any atom is 0.132 e. The summed E-state index contributed by atoms with van der Waals surface area (Å²) in [4.78, 5) is 11.2. The largest absolute Gasteiger partial charge is 0.300 e. The number of Topliss-reactive ketones (excluding diaryl/α,β-unsaturated/α-hetero) is 1. The molecule has 1 atom stereocenters. The number of rotatable bonds is 4. The summed E-state index contributed by atoms with van der Waals surface area (Å²) >= 11 is 0. The Balaban J connectivity index is 2.31. The van der Waals surface area contributed by atoms with E-state index in [4.69, 9.17) is 0 Å². The van der Waals surface area contributed by atoms with Gasteiger partial charge in [0.15, 0.2) is 0 Å². The first-order valence-electron chi connectivity index (χ1n) is 5.74. The van der Waals surface area contributed by atoms with Crippen molar-refractivity contribution in [3.63, 3.8) is 0 Å². The Labute approximate surface area is 81.9 Å². The topological polar surface area (TPSA) is 17.1 Å². The van der Waals surface area contributed by atoms with Crippen LogP contribution < -0.4 is 0 Å². The number of carbonyl (C=O) groups is 1. The normalized spacial score (nSPS) is 21.4. The number of ketones is 1. The van der Waals surface area contributed by atoms with E-state index in [0.717, 1.165) is 18.8 Å². The van der Waals surface area contributed by atoms with Gasteiger partial charge in [-0.3, -0.25) is 4.79 Å². The summed E-state index contributed by atoms with van der Waals surface area (Å²) < 4.78 is 0. The molecule has 0 aromatic heterocycles. The van der Waals surface area contributed by atoms with Crippen LogP contribution in [0.5, 0.6) is 0 Å². The maximum absolute atomic E-state index is 11.2. The molecule has 13 heavy (non-hydrogen) atoms. The molecule has 0 bridgehead atoms. The molecule has 1 heteroatoms. The van der Waals surface area contributed by atoms with Gasteiger partial charge in [0.2, 0.25) is 0 Å². The average molecular weight is 182 g/mol. The van der Waals surface area contributed by atoms with Crippen LogP contribution in [0, 0.1) is 11.8 Å².